The molecule has 2 amide bonds. The Labute approximate surface area is 137 Å². The van der Waals surface area contributed by atoms with Crippen molar-refractivity contribution in [1.82, 2.24) is 0 Å². The molecule has 1 N–H and O–H groups in total. The Balaban J connectivity index is 2.03. The van der Waals surface area contributed by atoms with E-state index in [-0.39, 0.29) is 18.2 Å². The van der Waals surface area contributed by atoms with Crippen LogP contribution < -0.4 is 10.2 Å². The van der Waals surface area contributed by atoms with Crippen LogP contribution in [-0.4, -0.2) is 18.4 Å². The van der Waals surface area contributed by atoms with Crippen molar-refractivity contribution in [2.75, 3.05) is 16.8 Å². The summed E-state index contributed by atoms with van der Waals surface area (Å²) in [5.41, 5.74) is 3.80. The lowest BCUT2D eigenvalue weighted by Gasteiger charge is -2.23. The van der Waals surface area contributed by atoms with E-state index in [1.807, 2.05) is 62.4 Å². The van der Waals surface area contributed by atoms with Crippen LogP contribution in [0.25, 0.3) is 0 Å². The Morgan fingerprint density at radius 2 is 1.74 bits per heavy atom. The SMILES string of the molecule is CC(=O)N(CCC(=O)Nc1ccccc1)c1ccc(C)cc1C. The molecule has 0 unspecified atom stereocenters. The Kier molecular flexibility index (Phi) is 5.52. The second-order valence-corrected chi connectivity index (χ2v) is 5.62. The molecule has 0 heterocycles. The molecule has 2 rings (SSSR count). The third-order valence-electron chi connectivity index (χ3n) is 3.64. The van der Waals surface area contributed by atoms with Crippen LogP contribution in [0.15, 0.2) is 48.5 Å². The number of para-hydroxylation sites is 1. The fourth-order valence-electron chi connectivity index (χ4n) is 2.51. The lowest BCUT2D eigenvalue weighted by Crippen LogP contribution is -2.32. The number of amides is 2. The Morgan fingerprint density at radius 3 is 2.35 bits per heavy atom. The van der Waals surface area contributed by atoms with E-state index in [1.54, 1.807) is 4.90 Å². The summed E-state index contributed by atoms with van der Waals surface area (Å²) < 4.78 is 0. The van der Waals surface area contributed by atoms with Gasteiger partial charge in [0.1, 0.15) is 0 Å². The van der Waals surface area contributed by atoms with E-state index in [4.69, 9.17) is 0 Å². The second-order valence-electron chi connectivity index (χ2n) is 5.62. The molecule has 0 radical (unpaired) electrons. The third kappa shape index (κ3) is 4.68. The zero-order valence-electron chi connectivity index (χ0n) is 13.8. The molecule has 0 saturated carbocycles. The highest BCUT2D eigenvalue weighted by Crippen LogP contribution is 2.21. The number of nitrogens with one attached hydrogen (secondary N) is 1. The second kappa shape index (κ2) is 7.58. The van der Waals surface area contributed by atoms with Crippen LogP contribution >= 0.6 is 0 Å². The first-order valence-electron chi connectivity index (χ1n) is 7.67. The van der Waals surface area contributed by atoms with Gasteiger partial charge in [-0.1, -0.05) is 35.9 Å². The highest BCUT2D eigenvalue weighted by Gasteiger charge is 2.15. The number of carbonyl (C=O) groups excluding carboxylic acids is 2. The molecular formula is C19H22N2O2. The minimum atomic E-state index is -0.104. The lowest BCUT2D eigenvalue weighted by atomic mass is 10.1. The standard InChI is InChI=1S/C19H22N2O2/c1-14-9-10-18(15(2)13-14)21(16(3)22)12-11-19(23)20-17-7-5-4-6-8-17/h4-10,13H,11-12H2,1-3H3,(H,20,23). The van der Waals surface area contributed by atoms with E-state index in [2.05, 4.69) is 5.32 Å². The zero-order valence-corrected chi connectivity index (χ0v) is 13.8. The molecule has 0 aliphatic carbocycles. The minimum Gasteiger partial charge on any atom is -0.326 e. The number of benzene rings is 2. The topological polar surface area (TPSA) is 49.4 Å². The van der Waals surface area contributed by atoms with Crippen molar-refractivity contribution in [1.29, 1.82) is 0 Å². The number of rotatable bonds is 5. The summed E-state index contributed by atoms with van der Waals surface area (Å²) in [4.78, 5) is 25.7. The van der Waals surface area contributed by atoms with Crippen molar-refractivity contribution in [2.45, 2.75) is 27.2 Å². The van der Waals surface area contributed by atoms with E-state index in [0.717, 1.165) is 22.5 Å². The van der Waals surface area contributed by atoms with Gasteiger partial charge in [0.2, 0.25) is 11.8 Å². The average Bonchev–Trinajstić information content (AvgIpc) is 2.50. The van der Waals surface area contributed by atoms with Crippen molar-refractivity contribution in [3.05, 3.63) is 59.7 Å². The summed E-state index contributed by atoms with van der Waals surface area (Å²) in [6, 6.07) is 15.3. The molecule has 0 atom stereocenters. The molecular weight excluding hydrogens is 288 g/mol. The number of carbonyl (C=O) groups is 2. The van der Waals surface area contributed by atoms with Gasteiger partial charge < -0.3 is 10.2 Å². The number of aryl methyl sites for hydroxylation is 2. The molecule has 120 valence electrons. The first-order valence-corrected chi connectivity index (χ1v) is 7.67. The Hall–Kier alpha value is -2.62. The quantitative estimate of drug-likeness (QED) is 0.915. The summed E-state index contributed by atoms with van der Waals surface area (Å²) in [5, 5.41) is 2.83. The number of nitrogens with zero attached hydrogens (tertiary/aromatic N) is 1. The Morgan fingerprint density at radius 1 is 1.04 bits per heavy atom. The molecule has 0 spiro atoms. The maximum Gasteiger partial charge on any atom is 0.226 e. The molecule has 0 fully saturated rings. The number of hydrogen-bond donors (Lipinski definition) is 1. The molecule has 0 bridgehead atoms. The van der Waals surface area contributed by atoms with E-state index in [0.29, 0.717) is 6.54 Å². The van der Waals surface area contributed by atoms with Crippen LogP contribution in [0.3, 0.4) is 0 Å². The van der Waals surface area contributed by atoms with Crippen LogP contribution in [0.2, 0.25) is 0 Å². The molecule has 0 aromatic heterocycles. The molecule has 4 heteroatoms. The van der Waals surface area contributed by atoms with Crippen LogP contribution in [0.5, 0.6) is 0 Å². The van der Waals surface area contributed by atoms with E-state index < -0.39 is 0 Å². The predicted molar refractivity (Wildman–Crippen MR) is 93.6 cm³/mol. The highest BCUT2D eigenvalue weighted by molar-refractivity contribution is 5.95. The minimum absolute atomic E-state index is 0.0653. The summed E-state index contributed by atoms with van der Waals surface area (Å²) in [6.45, 7) is 5.87. The maximum atomic E-state index is 12.1. The summed E-state index contributed by atoms with van der Waals surface area (Å²) in [6.07, 6.45) is 0.252. The largest absolute Gasteiger partial charge is 0.326 e. The van der Waals surface area contributed by atoms with Gasteiger partial charge in [-0.05, 0) is 37.6 Å². The van der Waals surface area contributed by atoms with Gasteiger partial charge in [0.25, 0.3) is 0 Å². The van der Waals surface area contributed by atoms with Crippen molar-refractivity contribution in [3.63, 3.8) is 0 Å². The van der Waals surface area contributed by atoms with Gasteiger partial charge in [0.15, 0.2) is 0 Å². The smallest absolute Gasteiger partial charge is 0.226 e. The fraction of sp³-hybridized carbons (Fsp3) is 0.263. The van der Waals surface area contributed by atoms with E-state index in [9.17, 15) is 9.59 Å². The van der Waals surface area contributed by atoms with Gasteiger partial charge >= 0.3 is 0 Å². The fourth-order valence-corrected chi connectivity index (χ4v) is 2.51. The van der Waals surface area contributed by atoms with E-state index >= 15 is 0 Å². The molecule has 0 aliphatic rings. The zero-order chi connectivity index (χ0) is 16.8. The van der Waals surface area contributed by atoms with Crippen molar-refractivity contribution < 1.29 is 9.59 Å². The first kappa shape index (κ1) is 16.7. The van der Waals surface area contributed by atoms with Crippen molar-refractivity contribution in [3.8, 4) is 0 Å². The van der Waals surface area contributed by atoms with Gasteiger partial charge in [-0.15, -0.1) is 0 Å². The van der Waals surface area contributed by atoms with E-state index in [1.165, 1.54) is 6.92 Å². The molecule has 4 nitrogen and oxygen atoms in total. The van der Waals surface area contributed by atoms with Gasteiger partial charge in [-0.2, -0.15) is 0 Å². The monoisotopic (exact) mass is 310 g/mol. The molecule has 2 aromatic carbocycles. The van der Waals surface area contributed by atoms with Crippen molar-refractivity contribution in [2.24, 2.45) is 0 Å². The van der Waals surface area contributed by atoms with Crippen LogP contribution in [0, 0.1) is 13.8 Å². The number of anilines is 2. The van der Waals surface area contributed by atoms with Gasteiger partial charge in [0, 0.05) is 31.3 Å². The van der Waals surface area contributed by atoms with Gasteiger partial charge in [-0.25, -0.2) is 0 Å². The number of hydrogen-bond acceptors (Lipinski definition) is 2. The summed E-state index contributed by atoms with van der Waals surface area (Å²) in [5.74, 6) is -0.170. The Bertz CT molecular complexity index is 696. The van der Waals surface area contributed by atoms with Crippen LogP contribution in [0.4, 0.5) is 11.4 Å². The third-order valence-corrected chi connectivity index (χ3v) is 3.64. The first-order chi connectivity index (χ1) is 11.0. The van der Waals surface area contributed by atoms with Gasteiger partial charge in [0.05, 0.1) is 0 Å². The molecule has 2 aromatic rings. The maximum absolute atomic E-state index is 12.1. The van der Waals surface area contributed by atoms with Crippen LogP contribution in [0.1, 0.15) is 24.5 Å². The predicted octanol–water partition coefficient (Wildman–Crippen LogP) is 3.69. The van der Waals surface area contributed by atoms with Gasteiger partial charge in [-0.3, -0.25) is 9.59 Å². The summed E-state index contributed by atoms with van der Waals surface area (Å²) in [7, 11) is 0. The molecule has 0 saturated heterocycles. The molecule has 0 aliphatic heterocycles. The highest BCUT2D eigenvalue weighted by atomic mass is 16.2. The lowest BCUT2D eigenvalue weighted by molar-refractivity contribution is -0.117. The average molecular weight is 310 g/mol. The summed E-state index contributed by atoms with van der Waals surface area (Å²) >= 11 is 0. The van der Waals surface area contributed by atoms with Crippen LogP contribution in [-0.2, 0) is 9.59 Å². The van der Waals surface area contributed by atoms with Crippen molar-refractivity contribution >= 4 is 23.2 Å². The normalized spacial score (nSPS) is 10.2. The molecule has 23 heavy (non-hydrogen) atoms.